The zero-order valence-corrected chi connectivity index (χ0v) is 11.9. The molecule has 0 aromatic heterocycles. The molecule has 0 unspecified atom stereocenters. The number of hydrogen-bond donors (Lipinski definition) is 3. The molecule has 2 amide bonds. The van der Waals surface area contributed by atoms with Gasteiger partial charge in [0, 0.05) is 38.7 Å². The fourth-order valence-corrected chi connectivity index (χ4v) is 2.22. The van der Waals surface area contributed by atoms with Crippen molar-refractivity contribution in [3.8, 4) is 0 Å². The molecule has 0 saturated carbocycles. The molecular weight excluding hydrogens is 258 g/mol. The minimum absolute atomic E-state index is 0.0149. The van der Waals surface area contributed by atoms with E-state index in [1.54, 1.807) is 11.0 Å². The monoisotopic (exact) mass is 283 g/mol. The Labute approximate surface area is 120 Å². The number of aliphatic hydroxyl groups excluding tert-OH is 1. The van der Waals surface area contributed by atoms with Crippen LogP contribution in [0.15, 0.2) is 12.7 Å². The third-order valence-corrected chi connectivity index (χ3v) is 3.42. The van der Waals surface area contributed by atoms with Gasteiger partial charge in [0.15, 0.2) is 0 Å². The van der Waals surface area contributed by atoms with E-state index in [0.717, 1.165) is 0 Å². The smallest absolute Gasteiger partial charge is 0.236 e. The van der Waals surface area contributed by atoms with Crippen LogP contribution in [0.1, 0.15) is 19.3 Å². The van der Waals surface area contributed by atoms with Crippen molar-refractivity contribution in [2.75, 3.05) is 39.3 Å². The Bertz CT molecular complexity index is 326. The molecule has 1 aliphatic heterocycles. The summed E-state index contributed by atoms with van der Waals surface area (Å²) in [5.41, 5.74) is 0. The van der Waals surface area contributed by atoms with Gasteiger partial charge in [-0.2, -0.15) is 0 Å². The molecule has 0 radical (unpaired) electrons. The van der Waals surface area contributed by atoms with Gasteiger partial charge in [-0.1, -0.05) is 6.08 Å². The SMILES string of the molecule is C=CCNCC(=O)N1CCC(C(=O)NCCCO)CC1. The number of amides is 2. The summed E-state index contributed by atoms with van der Waals surface area (Å²) in [5, 5.41) is 14.5. The predicted octanol–water partition coefficient (Wildman–Crippen LogP) is -0.501. The van der Waals surface area contributed by atoms with Crippen LogP contribution in [0.2, 0.25) is 0 Å². The Hall–Kier alpha value is -1.40. The Morgan fingerprint density at radius 3 is 2.65 bits per heavy atom. The summed E-state index contributed by atoms with van der Waals surface area (Å²) in [6.45, 7) is 6.39. The molecule has 1 fully saturated rings. The summed E-state index contributed by atoms with van der Waals surface area (Å²) in [6, 6.07) is 0. The Morgan fingerprint density at radius 2 is 2.05 bits per heavy atom. The molecule has 0 bridgehead atoms. The lowest BCUT2D eigenvalue weighted by Crippen LogP contribution is -2.45. The van der Waals surface area contributed by atoms with E-state index in [1.165, 1.54) is 0 Å². The maximum atomic E-state index is 11.9. The van der Waals surface area contributed by atoms with E-state index in [-0.39, 0.29) is 24.3 Å². The van der Waals surface area contributed by atoms with Crippen LogP contribution in [0.3, 0.4) is 0 Å². The van der Waals surface area contributed by atoms with E-state index in [4.69, 9.17) is 5.11 Å². The summed E-state index contributed by atoms with van der Waals surface area (Å²) in [4.78, 5) is 25.5. The number of nitrogens with zero attached hydrogens (tertiary/aromatic N) is 1. The third-order valence-electron chi connectivity index (χ3n) is 3.42. The van der Waals surface area contributed by atoms with Gasteiger partial charge in [0.1, 0.15) is 0 Å². The molecular formula is C14H25N3O3. The molecule has 20 heavy (non-hydrogen) atoms. The first-order chi connectivity index (χ1) is 9.69. The van der Waals surface area contributed by atoms with Crippen LogP contribution in [0.5, 0.6) is 0 Å². The highest BCUT2D eigenvalue weighted by molar-refractivity contribution is 5.80. The molecule has 0 spiro atoms. The maximum Gasteiger partial charge on any atom is 0.236 e. The largest absolute Gasteiger partial charge is 0.396 e. The van der Waals surface area contributed by atoms with Crippen LogP contribution in [-0.4, -0.2) is 61.2 Å². The average Bonchev–Trinajstić information content (AvgIpc) is 2.47. The minimum atomic E-state index is -0.0149. The normalized spacial score (nSPS) is 15.9. The lowest BCUT2D eigenvalue weighted by molar-refractivity contribution is -0.134. The Kier molecular flexibility index (Phi) is 7.91. The highest BCUT2D eigenvalue weighted by atomic mass is 16.3. The number of rotatable bonds is 8. The van der Waals surface area contributed by atoms with E-state index in [9.17, 15) is 9.59 Å². The third kappa shape index (κ3) is 5.71. The number of nitrogens with one attached hydrogen (secondary N) is 2. The van der Waals surface area contributed by atoms with Gasteiger partial charge < -0.3 is 20.6 Å². The zero-order chi connectivity index (χ0) is 14.8. The second-order valence-corrected chi connectivity index (χ2v) is 4.94. The highest BCUT2D eigenvalue weighted by Gasteiger charge is 2.26. The average molecular weight is 283 g/mol. The van der Waals surface area contributed by atoms with Crippen molar-refractivity contribution in [1.82, 2.24) is 15.5 Å². The predicted molar refractivity (Wildman–Crippen MR) is 77.1 cm³/mol. The van der Waals surface area contributed by atoms with Crippen LogP contribution in [-0.2, 0) is 9.59 Å². The first-order valence-corrected chi connectivity index (χ1v) is 7.17. The second kappa shape index (κ2) is 9.50. The topological polar surface area (TPSA) is 81.7 Å². The van der Waals surface area contributed by atoms with E-state index >= 15 is 0 Å². The summed E-state index contributed by atoms with van der Waals surface area (Å²) in [7, 11) is 0. The number of carbonyl (C=O) groups is 2. The number of aliphatic hydroxyl groups is 1. The Balaban J connectivity index is 2.23. The van der Waals surface area contributed by atoms with Gasteiger partial charge in [-0.15, -0.1) is 6.58 Å². The zero-order valence-electron chi connectivity index (χ0n) is 11.9. The van der Waals surface area contributed by atoms with Crippen LogP contribution in [0, 0.1) is 5.92 Å². The van der Waals surface area contributed by atoms with E-state index in [1.807, 2.05) is 0 Å². The van der Waals surface area contributed by atoms with Gasteiger partial charge in [-0.05, 0) is 19.3 Å². The van der Waals surface area contributed by atoms with Crippen molar-refractivity contribution >= 4 is 11.8 Å². The van der Waals surface area contributed by atoms with Gasteiger partial charge in [0.25, 0.3) is 0 Å². The second-order valence-electron chi connectivity index (χ2n) is 4.94. The first-order valence-electron chi connectivity index (χ1n) is 7.17. The minimum Gasteiger partial charge on any atom is -0.396 e. The van der Waals surface area contributed by atoms with Crippen LogP contribution in [0.4, 0.5) is 0 Å². The fraction of sp³-hybridized carbons (Fsp3) is 0.714. The summed E-state index contributed by atoms with van der Waals surface area (Å²) in [5.74, 6) is 0.0974. The summed E-state index contributed by atoms with van der Waals surface area (Å²) in [6.07, 6.45) is 3.71. The standard InChI is InChI=1S/C14H25N3O3/c1-2-6-15-11-13(19)17-8-4-12(5-9-17)14(20)16-7-3-10-18/h2,12,15,18H,1,3-11H2,(H,16,20). The fourth-order valence-electron chi connectivity index (χ4n) is 2.22. The molecule has 1 heterocycles. The molecule has 0 aromatic rings. The molecule has 0 aliphatic carbocycles. The van der Waals surface area contributed by atoms with Gasteiger partial charge in [0.2, 0.25) is 11.8 Å². The molecule has 0 aromatic carbocycles. The van der Waals surface area contributed by atoms with Crippen molar-refractivity contribution in [2.45, 2.75) is 19.3 Å². The van der Waals surface area contributed by atoms with Gasteiger partial charge in [-0.25, -0.2) is 0 Å². The number of likely N-dealkylation sites (tertiary alicyclic amines) is 1. The van der Waals surface area contributed by atoms with Crippen molar-refractivity contribution in [3.63, 3.8) is 0 Å². The first kappa shape index (κ1) is 16.7. The number of hydrogen-bond acceptors (Lipinski definition) is 4. The lowest BCUT2D eigenvalue weighted by atomic mass is 9.96. The molecule has 6 nitrogen and oxygen atoms in total. The maximum absolute atomic E-state index is 11.9. The summed E-state index contributed by atoms with van der Waals surface area (Å²) < 4.78 is 0. The Morgan fingerprint density at radius 1 is 1.35 bits per heavy atom. The van der Waals surface area contributed by atoms with E-state index in [0.29, 0.717) is 52.0 Å². The van der Waals surface area contributed by atoms with E-state index in [2.05, 4.69) is 17.2 Å². The molecule has 1 saturated heterocycles. The van der Waals surface area contributed by atoms with Gasteiger partial charge in [0.05, 0.1) is 6.54 Å². The van der Waals surface area contributed by atoms with E-state index < -0.39 is 0 Å². The molecule has 114 valence electrons. The quantitative estimate of drug-likeness (QED) is 0.414. The lowest BCUT2D eigenvalue weighted by Gasteiger charge is -2.31. The molecule has 1 aliphatic rings. The van der Waals surface area contributed by atoms with Gasteiger partial charge >= 0.3 is 0 Å². The molecule has 0 atom stereocenters. The van der Waals surface area contributed by atoms with Crippen molar-refractivity contribution < 1.29 is 14.7 Å². The van der Waals surface area contributed by atoms with Gasteiger partial charge in [-0.3, -0.25) is 9.59 Å². The van der Waals surface area contributed by atoms with Crippen LogP contribution >= 0.6 is 0 Å². The molecule has 1 rings (SSSR count). The number of piperidine rings is 1. The van der Waals surface area contributed by atoms with Crippen molar-refractivity contribution in [2.24, 2.45) is 5.92 Å². The van der Waals surface area contributed by atoms with Crippen LogP contribution in [0.25, 0.3) is 0 Å². The van der Waals surface area contributed by atoms with Crippen LogP contribution < -0.4 is 10.6 Å². The summed E-state index contributed by atoms with van der Waals surface area (Å²) >= 11 is 0. The molecule has 6 heteroatoms. The molecule has 3 N–H and O–H groups in total. The highest BCUT2D eigenvalue weighted by Crippen LogP contribution is 2.17. The van der Waals surface area contributed by atoms with Crippen molar-refractivity contribution in [3.05, 3.63) is 12.7 Å². The number of carbonyl (C=O) groups excluding carboxylic acids is 2. The van der Waals surface area contributed by atoms with Crippen molar-refractivity contribution in [1.29, 1.82) is 0 Å².